The van der Waals surface area contributed by atoms with E-state index in [2.05, 4.69) is 10.6 Å². The summed E-state index contributed by atoms with van der Waals surface area (Å²) in [5.74, 6) is 0.474. The molecular formula is C25H27FN2O3. The van der Waals surface area contributed by atoms with Crippen molar-refractivity contribution in [3.63, 3.8) is 0 Å². The summed E-state index contributed by atoms with van der Waals surface area (Å²) in [6, 6.07) is 22.1. The molecule has 0 saturated carbocycles. The highest BCUT2D eigenvalue weighted by Crippen LogP contribution is 2.20. The number of rotatable bonds is 9. The normalized spacial score (nSPS) is 11.6. The first-order valence-corrected chi connectivity index (χ1v) is 10.3. The van der Waals surface area contributed by atoms with E-state index < -0.39 is 6.09 Å². The summed E-state index contributed by atoms with van der Waals surface area (Å²) in [6.45, 7) is 4.77. The Labute approximate surface area is 182 Å². The molecule has 1 unspecified atom stereocenters. The van der Waals surface area contributed by atoms with Gasteiger partial charge in [-0.15, -0.1) is 0 Å². The zero-order valence-electron chi connectivity index (χ0n) is 17.7. The Morgan fingerprint density at radius 3 is 2.45 bits per heavy atom. The number of carbonyl (C=O) groups excluding carboxylic acids is 1. The van der Waals surface area contributed by atoms with Crippen LogP contribution < -0.4 is 15.4 Å². The molecule has 5 nitrogen and oxygen atoms in total. The average molecular weight is 423 g/mol. The van der Waals surface area contributed by atoms with Crippen LogP contribution in [0.1, 0.15) is 29.7 Å². The van der Waals surface area contributed by atoms with Crippen molar-refractivity contribution in [1.29, 1.82) is 0 Å². The molecule has 2 N–H and O–H groups in total. The maximum atomic E-state index is 13.9. The smallest absolute Gasteiger partial charge is 0.411 e. The summed E-state index contributed by atoms with van der Waals surface area (Å²) < 4.78 is 24.7. The number of hydrogen-bond donors (Lipinski definition) is 2. The third-order valence-corrected chi connectivity index (χ3v) is 4.91. The highest BCUT2D eigenvalue weighted by atomic mass is 19.1. The van der Waals surface area contributed by atoms with E-state index in [1.165, 1.54) is 6.07 Å². The summed E-state index contributed by atoms with van der Waals surface area (Å²) in [4.78, 5) is 11.5. The number of ether oxygens (including phenoxy) is 2. The van der Waals surface area contributed by atoms with Crippen LogP contribution in [0, 0.1) is 12.7 Å². The fraction of sp³-hybridized carbons (Fsp3) is 0.240. The second-order valence-electron chi connectivity index (χ2n) is 7.05. The number of benzene rings is 3. The van der Waals surface area contributed by atoms with Gasteiger partial charge < -0.3 is 14.8 Å². The lowest BCUT2D eigenvalue weighted by Crippen LogP contribution is -2.27. The van der Waals surface area contributed by atoms with E-state index in [4.69, 9.17) is 9.47 Å². The van der Waals surface area contributed by atoms with Gasteiger partial charge in [0, 0.05) is 12.2 Å². The van der Waals surface area contributed by atoms with Crippen LogP contribution in [-0.2, 0) is 11.3 Å². The Bertz CT molecular complexity index is 978. The maximum Gasteiger partial charge on any atom is 0.411 e. The van der Waals surface area contributed by atoms with Gasteiger partial charge in [0.2, 0.25) is 0 Å². The lowest BCUT2D eigenvalue weighted by molar-refractivity contribution is 0.168. The van der Waals surface area contributed by atoms with Gasteiger partial charge in [0.25, 0.3) is 0 Å². The Morgan fingerprint density at radius 2 is 1.74 bits per heavy atom. The minimum absolute atomic E-state index is 0.0822. The van der Waals surface area contributed by atoms with Crippen molar-refractivity contribution in [2.24, 2.45) is 0 Å². The van der Waals surface area contributed by atoms with Crippen molar-refractivity contribution in [3.8, 4) is 5.75 Å². The van der Waals surface area contributed by atoms with Crippen molar-refractivity contribution in [1.82, 2.24) is 5.32 Å². The molecule has 0 radical (unpaired) electrons. The van der Waals surface area contributed by atoms with Gasteiger partial charge in [-0.25, -0.2) is 9.18 Å². The topological polar surface area (TPSA) is 59.6 Å². The van der Waals surface area contributed by atoms with Gasteiger partial charge in [0.05, 0.1) is 12.6 Å². The highest BCUT2D eigenvalue weighted by Gasteiger charge is 2.13. The molecule has 0 bridgehead atoms. The molecule has 0 aliphatic carbocycles. The molecule has 6 heteroatoms. The lowest BCUT2D eigenvalue weighted by Gasteiger charge is -2.21. The number of hydrogen-bond acceptors (Lipinski definition) is 4. The van der Waals surface area contributed by atoms with E-state index in [-0.39, 0.29) is 11.9 Å². The molecule has 31 heavy (non-hydrogen) atoms. The van der Waals surface area contributed by atoms with E-state index >= 15 is 0 Å². The van der Waals surface area contributed by atoms with E-state index in [1.807, 2.05) is 36.4 Å². The predicted molar refractivity (Wildman–Crippen MR) is 120 cm³/mol. The molecule has 1 amide bonds. The van der Waals surface area contributed by atoms with Crippen LogP contribution in [0.4, 0.5) is 14.9 Å². The second-order valence-corrected chi connectivity index (χ2v) is 7.05. The molecule has 0 aliphatic rings. The van der Waals surface area contributed by atoms with Crippen LogP contribution in [0.3, 0.4) is 0 Å². The fourth-order valence-corrected chi connectivity index (χ4v) is 3.13. The standard InChI is InChI=1S/C25H27FN2O3/c1-3-30-25(29)28-21-12-14-22(15-13-21)31-17-24(19-8-5-4-6-9-19)27-16-20-10-7-11-23(26)18(20)2/h4-15,24,27H,3,16-17H2,1-2H3,(H,28,29). The zero-order chi connectivity index (χ0) is 22.1. The van der Waals surface area contributed by atoms with Gasteiger partial charge in [-0.05, 0) is 60.9 Å². The third kappa shape index (κ3) is 6.55. The van der Waals surface area contributed by atoms with E-state index in [9.17, 15) is 9.18 Å². The average Bonchev–Trinajstić information content (AvgIpc) is 2.78. The quantitative estimate of drug-likeness (QED) is 0.470. The SMILES string of the molecule is CCOC(=O)Nc1ccc(OCC(NCc2cccc(F)c2C)c2ccccc2)cc1. The second kappa shape index (κ2) is 11.1. The number of anilines is 1. The first-order valence-electron chi connectivity index (χ1n) is 10.3. The molecule has 0 saturated heterocycles. The van der Waals surface area contributed by atoms with Gasteiger partial charge in [-0.3, -0.25) is 5.32 Å². The van der Waals surface area contributed by atoms with Gasteiger partial charge >= 0.3 is 6.09 Å². The summed E-state index contributed by atoms with van der Waals surface area (Å²) >= 11 is 0. The first kappa shape index (κ1) is 22.3. The van der Waals surface area contributed by atoms with Crippen LogP contribution in [0.15, 0.2) is 72.8 Å². The minimum atomic E-state index is -0.489. The monoisotopic (exact) mass is 422 g/mol. The number of nitrogens with one attached hydrogen (secondary N) is 2. The summed E-state index contributed by atoms with van der Waals surface area (Å²) in [6.07, 6.45) is -0.489. The molecule has 0 spiro atoms. The number of amides is 1. The van der Waals surface area contributed by atoms with Crippen molar-refractivity contribution in [2.75, 3.05) is 18.5 Å². The Kier molecular flexibility index (Phi) is 8.01. The molecular weight excluding hydrogens is 395 g/mol. The van der Waals surface area contributed by atoms with Gasteiger partial charge in [0.15, 0.2) is 0 Å². The van der Waals surface area contributed by atoms with E-state index in [1.54, 1.807) is 44.2 Å². The third-order valence-electron chi connectivity index (χ3n) is 4.91. The van der Waals surface area contributed by atoms with Crippen LogP contribution in [0.5, 0.6) is 5.75 Å². The molecule has 3 aromatic carbocycles. The van der Waals surface area contributed by atoms with Crippen molar-refractivity contribution in [3.05, 3.63) is 95.3 Å². The first-order chi connectivity index (χ1) is 15.1. The summed E-state index contributed by atoms with van der Waals surface area (Å²) in [5.41, 5.74) is 3.27. The molecule has 0 aromatic heterocycles. The summed E-state index contributed by atoms with van der Waals surface area (Å²) in [5, 5.41) is 6.13. The van der Waals surface area contributed by atoms with Gasteiger partial charge in [-0.1, -0.05) is 42.5 Å². The minimum Gasteiger partial charge on any atom is -0.492 e. The number of halogens is 1. The molecule has 3 aromatic rings. The van der Waals surface area contributed by atoms with Crippen molar-refractivity contribution in [2.45, 2.75) is 26.4 Å². The van der Waals surface area contributed by atoms with Crippen molar-refractivity contribution < 1.29 is 18.7 Å². The van der Waals surface area contributed by atoms with Crippen LogP contribution in [-0.4, -0.2) is 19.3 Å². The summed E-state index contributed by atoms with van der Waals surface area (Å²) in [7, 11) is 0. The predicted octanol–water partition coefficient (Wildman–Crippen LogP) is 5.61. The zero-order valence-corrected chi connectivity index (χ0v) is 17.7. The van der Waals surface area contributed by atoms with E-state index in [0.29, 0.717) is 36.8 Å². The highest BCUT2D eigenvalue weighted by molar-refractivity contribution is 5.84. The Balaban J connectivity index is 1.64. The Morgan fingerprint density at radius 1 is 1.00 bits per heavy atom. The van der Waals surface area contributed by atoms with E-state index in [0.717, 1.165) is 11.1 Å². The molecule has 0 fully saturated rings. The maximum absolute atomic E-state index is 13.9. The van der Waals surface area contributed by atoms with Crippen LogP contribution >= 0.6 is 0 Å². The van der Waals surface area contributed by atoms with Crippen LogP contribution in [0.2, 0.25) is 0 Å². The molecule has 0 heterocycles. The van der Waals surface area contributed by atoms with Gasteiger partial charge in [0.1, 0.15) is 18.2 Å². The Hall–Kier alpha value is -3.38. The molecule has 162 valence electrons. The lowest BCUT2D eigenvalue weighted by atomic mass is 10.1. The van der Waals surface area contributed by atoms with Gasteiger partial charge in [-0.2, -0.15) is 0 Å². The number of carbonyl (C=O) groups is 1. The molecule has 0 aliphatic heterocycles. The largest absolute Gasteiger partial charge is 0.492 e. The fourth-order valence-electron chi connectivity index (χ4n) is 3.13. The van der Waals surface area contributed by atoms with Crippen LogP contribution in [0.25, 0.3) is 0 Å². The molecule has 3 rings (SSSR count). The van der Waals surface area contributed by atoms with Crippen molar-refractivity contribution >= 4 is 11.8 Å². The molecule has 1 atom stereocenters.